The third-order valence-corrected chi connectivity index (χ3v) is 14.3. The number of methoxy groups -OCH3 is 5. The van der Waals surface area contributed by atoms with Crippen molar-refractivity contribution in [3.05, 3.63) is 130 Å². The number of nitrogens with zero attached hydrogens (tertiary/aromatic N) is 2. The first-order valence-corrected chi connectivity index (χ1v) is 26.6. The number of carbonyl (C=O) groups excluding carboxylic acids is 8. The van der Waals surface area contributed by atoms with Gasteiger partial charge in [-0.05, 0) is 128 Å². The Morgan fingerprint density at radius 2 is 1.41 bits per heavy atom. The Balaban J connectivity index is 0.893. The van der Waals surface area contributed by atoms with Crippen LogP contribution in [0.5, 0.6) is 40.2 Å². The highest BCUT2D eigenvalue weighted by molar-refractivity contribution is 6.24. The molecule has 426 valence electrons. The number of esters is 1. The largest absolute Gasteiger partial charge is 0.493 e. The van der Waals surface area contributed by atoms with Crippen molar-refractivity contribution in [3.63, 3.8) is 0 Å². The molecule has 3 aliphatic rings. The number of nitrogens with one attached hydrogen (secondary N) is 3. The first-order valence-electron chi connectivity index (χ1n) is 26.6. The number of fused-ring (bicyclic) bond motifs is 1. The van der Waals surface area contributed by atoms with E-state index in [2.05, 4.69) is 16.0 Å². The number of anilines is 1. The van der Waals surface area contributed by atoms with E-state index in [1.165, 1.54) is 39.5 Å². The van der Waals surface area contributed by atoms with Gasteiger partial charge in [0.15, 0.2) is 36.2 Å². The van der Waals surface area contributed by atoms with Crippen molar-refractivity contribution < 1.29 is 76.3 Å². The lowest BCUT2D eigenvalue weighted by molar-refractivity contribution is -0.162. The third kappa shape index (κ3) is 13.5. The average molecular weight is 1110 g/mol. The average Bonchev–Trinajstić information content (AvgIpc) is 3.95. The summed E-state index contributed by atoms with van der Waals surface area (Å²) in [5.74, 6) is -2.47. The molecule has 5 aromatic carbocycles. The van der Waals surface area contributed by atoms with E-state index in [1.54, 1.807) is 73.7 Å². The molecule has 3 aliphatic heterocycles. The van der Waals surface area contributed by atoms with Crippen molar-refractivity contribution in [1.29, 1.82) is 0 Å². The van der Waals surface area contributed by atoms with E-state index in [-0.39, 0.29) is 48.8 Å². The smallest absolute Gasteiger partial charge is 0.329 e. The number of hydrogen-bond acceptors (Lipinski definition) is 16. The standard InChI is InChI=1S/C60H65N5O16/c1-7-41(38-30-49(76-4)55(78-6)50(31-38)77-5)57(70)64-26-9-8-18-44(64)60(73)81-45(23-20-35-21-24-46(74-2)48(28-35)75-3)37-14-11-16-40(29-37)79-33-52(67)61-32-36-13-10-15-39(27-36)62-53(68)34-80-47-19-12-17-42-54(47)59(72)65(58(42)71)43-22-25-51(66)63-56(43)69/h10-17,19,21,24,27-31,41,43-45H,7-9,18,20,22-23,25-26,32-34H2,1-6H3,(H,61,67)(H,62,68)(H,63,66,69)/t41-,43?,44-,45+/m0/s1. The number of piperidine rings is 2. The fraction of sp³-hybridized carbons (Fsp3) is 0.367. The summed E-state index contributed by atoms with van der Waals surface area (Å²) < 4.78 is 45.9. The second-order valence-corrected chi connectivity index (χ2v) is 19.4. The highest BCUT2D eigenvalue weighted by Crippen LogP contribution is 2.42. The van der Waals surface area contributed by atoms with Crippen LogP contribution in [0.3, 0.4) is 0 Å². The Kier molecular flexibility index (Phi) is 19.1. The predicted molar refractivity (Wildman–Crippen MR) is 293 cm³/mol. The molecule has 3 heterocycles. The third-order valence-electron chi connectivity index (χ3n) is 14.3. The van der Waals surface area contributed by atoms with Gasteiger partial charge >= 0.3 is 5.97 Å². The van der Waals surface area contributed by atoms with Gasteiger partial charge in [0.05, 0.1) is 52.6 Å². The molecule has 7 amide bonds. The summed E-state index contributed by atoms with van der Waals surface area (Å²) in [5.41, 5.74) is 3.13. The molecule has 2 saturated heterocycles. The number of carbonyl (C=O) groups is 8. The number of likely N-dealkylation sites (tertiary alicyclic amines) is 1. The van der Waals surface area contributed by atoms with Crippen molar-refractivity contribution in [2.24, 2.45) is 0 Å². The lowest BCUT2D eigenvalue weighted by Gasteiger charge is -2.37. The highest BCUT2D eigenvalue weighted by atomic mass is 16.5. The maximum Gasteiger partial charge on any atom is 0.329 e. The molecule has 2 fully saturated rings. The number of benzene rings is 5. The summed E-state index contributed by atoms with van der Waals surface area (Å²) in [6, 6.07) is 25.2. The fourth-order valence-electron chi connectivity index (χ4n) is 10.3. The van der Waals surface area contributed by atoms with Gasteiger partial charge in [-0.2, -0.15) is 0 Å². The van der Waals surface area contributed by atoms with Crippen LogP contribution in [0.25, 0.3) is 0 Å². The molecule has 0 spiro atoms. The molecular weight excluding hydrogens is 1050 g/mol. The Morgan fingerprint density at radius 1 is 0.679 bits per heavy atom. The number of rotatable bonds is 24. The highest BCUT2D eigenvalue weighted by Gasteiger charge is 2.46. The molecule has 3 N–H and O–H groups in total. The molecule has 0 radical (unpaired) electrons. The molecule has 8 rings (SSSR count). The van der Waals surface area contributed by atoms with Crippen molar-refractivity contribution >= 4 is 53.0 Å². The Bertz CT molecular complexity index is 3170. The molecule has 0 aliphatic carbocycles. The minimum absolute atomic E-state index is 0.0110. The summed E-state index contributed by atoms with van der Waals surface area (Å²) in [6.07, 6.45) is 2.24. The molecule has 0 saturated carbocycles. The molecule has 21 nitrogen and oxygen atoms in total. The fourth-order valence-corrected chi connectivity index (χ4v) is 10.3. The van der Waals surface area contributed by atoms with Gasteiger partial charge in [-0.25, -0.2) is 4.79 Å². The zero-order chi connectivity index (χ0) is 57.7. The van der Waals surface area contributed by atoms with Crippen LogP contribution in [0.15, 0.2) is 97.1 Å². The number of imide groups is 2. The van der Waals surface area contributed by atoms with E-state index in [9.17, 15) is 38.4 Å². The zero-order valence-electron chi connectivity index (χ0n) is 46.0. The molecule has 1 unspecified atom stereocenters. The summed E-state index contributed by atoms with van der Waals surface area (Å²) in [7, 11) is 7.65. The Labute approximate surface area is 468 Å². The summed E-state index contributed by atoms with van der Waals surface area (Å²) in [6.45, 7) is 1.46. The number of aryl methyl sites for hydroxylation is 1. The van der Waals surface area contributed by atoms with Gasteiger partial charge in [0.25, 0.3) is 23.6 Å². The van der Waals surface area contributed by atoms with Crippen molar-refractivity contribution in [2.75, 3.05) is 60.6 Å². The molecule has 21 heteroatoms. The van der Waals surface area contributed by atoms with E-state index >= 15 is 0 Å². The first kappa shape index (κ1) is 58.0. The van der Waals surface area contributed by atoms with Crippen LogP contribution in [-0.4, -0.2) is 125 Å². The van der Waals surface area contributed by atoms with Crippen LogP contribution >= 0.6 is 0 Å². The molecule has 5 aromatic rings. The van der Waals surface area contributed by atoms with Gasteiger partial charge in [-0.3, -0.25) is 43.8 Å². The number of ether oxygens (including phenoxy) is 8. The Hall–Kier alpha value is -9.14. The second kappa shape index (κ2) is 26.7. The predicted octanol–water partition coefficient (Wildman–Crippen LogP) is 6.64. The van der Waals surface area contributed by atoms with E-state index < -0.39 is 72.1 Å². The van der Waals surface area contributed by atoms with E-state index in [1.807, 2.05) is 31.2 Å². The Morgan fingerprint density at radius 3 is 2.12 bits per heavy atom. The van der Waals surface area contributed by atoms with Gasteiger partial charge < -0.3 is 53.4 Å². The lowest BCUT2D eigenvalue weighted by atomic mass is 9.91. The van der Waals surface area contributed by atoms with Crippen LogP contribution in [0.1, 0.15) is 107 Å². The molecule has 4 atom stereocenters. The monoisotopic (exact) mass is 1110 g/mol. The second-order valence-electron chi connectivity index (χ2n) is 19.4. The quantitative estimate of drug-likeness (QED) is 0.0433. The minimum atomic E-state index is -1.16. The van der Waals surface area contributed by atoms with Gasteiger partial charge in [0, 0.05) is 25.2 Å². The number of hydrogen-bond donors (Lipinski definition) is 3. The SMILES string of the molecule is CC[C@H](C(=O)N1CCCC[C@H]1C(=O)O[C@H](CCc1ccc(OC)c(OC)c1)c1cccc(OCC(=O)NCc2cccc(NC(=O)COc3cccc4c3C(=O)N(C3CCC(=O)NC3=O)C4=O)c2)c1)c1cc(OC)c(OC)c(OC)c1. The van der Waals surface area contributed by atoms with E-state index in [4.69, 9.17) is 37.9 Å². The summed E-state index contributed by atoms with van der Waals surface area (Å²) >= 11 is 0. The molecule has 0 bridgehead atoms. The van der Waals surface area contributed by atoms with Crippen LogP contribution in [0, 0.1) is 0 Å². The van der Waals surface area contributed by atoms with Crippen molar-refractivity contribution in [1.82, 2.24) is 20.4 Å². The first-order chi connectivity index (χ1) is 39.2. The molecule has 81 heavy (non-hydrogen) atoms. The zero-order valence-corrected chi connectivity index (χ0v) is 46.0. The maximum atomic E-state index is 14.6. The maximum absolute atomic E-state index is 14.6. The summed E-state index contributed by atoms with van der Waals surface area (Å²) in [4.78, 5) is 109. The van der Waals surface area contributed by atoms with Crippen molar-refractivity contribution in [2.45, 2.75) is 88.9 Å². The normalized spacial score (nSPS) is 16.5. The van der Waals surface area contributed by atoms with E-state index in [0.29, 0.717) is 95.5 Å². The van der Waals surface area contributed by atoms with Crippen LogP contribution in [0.2, 0.25) is 0 Å². The van der Waals surface area contributed by atoms with Gasteiger partial charge in [0.1, 0.15) is 29.7 Å². The van der Waals surface area contributed by atoms with Gasteiger partial charge in [-0.1, -0.05) is 43.3 Å². The van der Waals surface area contributed by atoms with Crippen molar-refractivity contribution in [3.8, 4) is 40.2 Å². The topological polar surface area (TPSA) is 253 Å². The molecule has 0 aromatic heterocycles. The van der Waals surface area contributed by atoms with Crippen LogP contribution in [-0.2, 0) is 46.5 Å². The van der Waals surface area contributed by atoms with Gasteiger partial charge in [-0.15, -0.1) is 0 Å². The number of amides is 7. The minimum Gasteiger partial charge on any atom is -0.493 e. The van der Waals surface area contributed by atoms with Crippen LogP contribution < -0.4 is 49.1 Å². The van der Waals surface area contributed by atoms with Gasteiger partial charge in [0.2, 0.25) is 23.5 Å². The van der Waals surface area contributed by atoms with E-state index in [0.717, 1.165) is 16.9 Å². The lowest BCUT2D eigenvalue weighted by Crippen LogP contribution is -2.54. The molecular formula is C60H65N5O16. The summed E-state index contributed by atoms with van der Waals surface area (Å²) in [5, 5.41) is 7.71. The van der Waals surface area contributed by atoms with Crippen LogP contribution in [0.4, 0.5) is 5.69 Å².